The molecule has 0 heterocycles. The third kappa shape index (κ3) is 5.29. The van der Waals surface area contributed by atoms with Crippen LogP contribution >= 0.6 is 23.2 Å². The Hall–Kier alpha value is -0.930. The molecule has 0 unspecified atom stereocenters. The molecule has 0 saturated heterocycles. The number of amides is 1. The molecule has 0 aliphatic heterocycles. The van der Waals surface area contributed by atoms with Crippen LogP contribution in [0.1, 0.15) is 23.7 Å². The Kier molecular flexibility index (Phi) is 7.68. The molecular weight excluding hydrogens is 283 g/mol. The molecule has 0 aliphatic carbocycles. The molecule has 106 valence electrons. The minimum atomic E-state index is -0.0327. The Bertz CT molecular complexity index is 376. The second-order valence-electron chi connectivity index (χ2n) is 4.17. The molecule has 1 aromatic rings. The van der Waals surface area contributed by atoms with Crippen molar-refractivity contribution in [2.75, 3.05) is 36.3 Å². The van der Waals surface area contributed by atoms with Gasteiger partial charge in [-0.15, -0.1) is 23.2 Å². The molecular formula is C14H20Cl2N2O. The molecule has 0 spiro atoms. The van der Waals surface area contributed by atoms with Gasteiger partial charge in [0.05, 0.1) is 0 Å². The zero-order valence-corrected chi connectivity index (χ0v) is 12.7. The fourth-order valence-corrected chi connectivity index (χ4v) is 2.15. The molecule has 0 bridgehead atoms. The van der Waals surface area contributed by atoms with E-state index in [-0.39, 0.29) is 5.91 Å². The molecule has 1 aromatic carbocycles. The number of benzene rings is 1. The largest absolute Gasteiger partial charge is 0.369 e. The average molecular weight is 303 g/mol. The quantitative estimate of drug-likeness (QED) is 0.748. The lowest BCUT2D eigenvalue weighted by Gasteiger charge is -2.22. The van der Waals surface area contributed by atoms with Gasteiger partial charge >= 0.3 is 0 Å². The monoisotopic (exact) mass is 302 g/mol. The highest BCUT2D eigenvalue weighted by Crippen LogP contribution is 2.15. The van der Waals surface area contributed by atoms with Crippen molar-refractivity contribution in [2.45, 2.75) is 13.3 Å². The number of carbonyl (C=O) groups is 1. The SMILES string of the molecule is CCCNC(=O)c1ccc(N(CCCl)CCCl)cc1. The molecule has 1 rings (SSSR count). The third-order valence-electron chi connectivity index (χ3n) is 2.74. The first-order valence-corrected chi connectivity index (χ1v) is 7.55. The second-order valence-corrected chi connectivity index (χ2v) is 4.92. The summed E-state index contributed by atoms with van der Waals surface area (Å²) in [7, 11) is 0. The summed E-state index contributed by atoms with van der Waals surface area (Å²) in [5.74, 6) is 1.07. The molecule has 0 saturated carbocycles. The van der Waals surface area contributed by atoms with Crippen LogP contribution in [0.15, 0.2) is 24.3 Å². The van der Waals surface area contributed by atoms with Gasteiger partial charge in [0.25, 0.3) is 5.91 Å². The van der Waals surface area contributed by atoms with Crippen molar-refractivity contribution in [3.8, 4) is 0 Å². The lowest BCUT2D eigenvalue weighted by Crippen LogP contribution is -2.28. The predicted molar refractivity (Wildman–Crippen MR) is 82.7 cm³/mol. The molecule has 5 heteroatoms. The summed E-state index contributed by atoms with van der Waals surface area (Å²) in [4.78, 5) is 13.9. The van der Waals surface area contributed by atoms with Crippen LogP contribution in [0.3, 0.4) is 0 Å². The zero-order chi connectivity index (χ0) is 14.1. The van der Waals surface area contributed by atoms with Gasteiger partial charge in [0, 0.05) is 42.6 Å². The Labute approximate surface area is 124 Å². The summed E-state index contributed by atoms with van der Waals surface area (Å²) in [6, 6.07) is 7.52. The Balaban J connectivity index is 2.70. The van der Waals surface area contributed by atoms with E-state index in [1.165, 1.54) is 0 Å². The number of rotatable bonds is 8. The maximum Gasteiger partial charge on any atom is 0.251 e. The molecule has 1 N–H and O–H groups in total. The van der Waals surface area contributed by atoms with Gasteiger partial charge in [0.2, 0.25) is 0 Å². The molecule has 0 radical (unpaired) electrons. The normalized spacial score (nSPS) is 10.3. The lowest BCUT2D eigenvalue weighted by atomic mass is 10.2. The van der Waals surface area contributed by atoms with E-state index < -0.39 is 0 Å². The van der Waals surface area contributed by atoms with E-state index >= 15 is 0 Å². The number of hydrogen-bond donors (Lipinski definition) is 1. The molecule has 3 nitrogen and oxygen atoms in total. The molecule has 0 atom stereocenters. The fourth-order valence-electron chi connectivity index (χ4n) is 1.74. The van der Waals surface area contributed by atoms with Gasteiger partial charge < -0.3 is 10.2 Å². The van der Waals surface area contributed by atoms with Crippen LogP contribution in [0.2, 0.25) is 0 Å². The van der Waals surface area contributed by atoms with Crippen molar-refractivity contribution in [1.29, 1.82) is 0 Å². The highest BCUT2D eigenvalue weighted by Gasteiger charge is 2.08. The van der Waals surface area contributed by atoms with Gasteiger partial charge in [-0.25, -0.2) is 0 Å². The van der Waals surface area contributed by atoms with Crippen LogP contribution < -0.4 is 10.2 Å². The topological polar surface area (TPSA) is 32.3 Å². The third-order valence-corrected chi connectivity index (χ3v) is 3.08. The van der Waals surface area contributed by atoms with E-state index in [0.717, 1.165) is 25.2 Å². The van der Waals surface area contributed by atoms with Crippen molar-refractivity contribution in [3.05, 3.63) is 29.8 Å². The van der Waals surface area contributed by atoms with Crippen LogP contribution in [0.25, 0.3) is 0 Å². The summed E-state index contributed by atoms with van der Waals surface area (Å²) in [6.45, 7) is 4.22. The summed E-state index contributed by atoms with van der Waals surface area (Å²) in [6.07, 6.45) is 0.934. The number of nitrogens with one attached hydrogen (secondary N) is 1. The number of alkyl halides is 2. The number of anilines is 1. The first-order chi connectivity index (χ1) is 9.22. The van der Waals surface area contributed by atoms with Gasteiger partial charge in [-0.2, -0.15) is 0 Å². The van der Waals surface area contributed by atoms with Gasteiger partial charge in [-0.1, -0.05) is 6.92 Å². The van der Waals surface area contributed by atoms with Crippen LogP contribution in [-0.4, -0.2) is 37.3 Å². The first-order valence-electron chi connectivity index (χ1n) is 6.48. The molecule has 1 amide bonds. The number of nitrogens with zero attached hydrogens (tertiary/aromatic N) is 1. The fraction of sp³-hybridized carbons (Fsp3) is 0.500. The standard InChI is InChI=1S/C14H20Cl2N2O/c1-2-9-17-14(19)12-3-5-13(6-4-12)18(10-7-15)11-8-16/h3-6H,2,7-11H2,1H3,(H,17,19). The summed E-state index contributed by atoms with van der Waals surface area (Å²) in [5.41, 5.74) is 1.71. The van der Waals surface area contributed by atoms with Crippen LogP contribution in [0.5, 0.6) is 0 Å². The van der Waals surface area contributed by atoms with Crippen molar-refractivity contribution in [1.82, 2.24) is 5.32 Å². The van der Waals surface area contributed by atoms with Crippen LogP contribution in [0.4, 0.5) is 5.69 Å². The van der Waals surface area contributed by atoms with Crippen molar-refractivity contribution >= 4 is 34.8 Å². The van der Waals surface area contributed by atoms with Crippen molar-refractivity contribution in [2.24, 2.45) is 0 Å². The second kappa shape index (κ2) is 9.05. The predicted octanol–water partition coefficient (Wildman–Crippen LogP) is 3.11. The Morgan fingerprint density at radius 2 is 1.74 bits per heavy atom. The Morgan fingerprint density at radius 3 is 2.21 bits per heavy atom. The summed E-state index contributed by atoms with van der Waals surface area (Å²) in [5, 5.41) is 2.85. The summed E-state index contributed by atoms with van der Waals surface area (Å²) >= 11 is 11.5. The van der Waals surface area contributed by atoms with E-state index in [9.17, 15) is 4.79 Å². The number of carbonyl (C=O) groups excluding carboxylic acids is 1. The smallest absolute Gasteiger partial charge is 0.251 e. The van der Waals surface area contributed by atoms with E-state index in [1.54, 1.807) is 0 Å². The lowest BCUT2D eigenvalue weighted by molar-refractivity contribution is 0.0953. The highest BCUT2D eigenvalue weighted by molar-refractivity contribution is 6.18. The first kappa shape index (κ1) is 16.1. The van der Waals surface area contributed by atoms with Gasteiger partial charge in [0.1, 0.15) is 0 Å². The maximum atomic E-state index is 11.8. The van der Waals surface area contributed by atoms with E-state index in [0.29, 0.717) is 23.9 Å². The van der Waals surface area contributed by atoms with E-state index in [2.05, 4.69) is 10.2 Å². The van der Waals surface area contributed by atoms with E-state index in [1.807, 2.05) is 31.2 Å². The van der Waals surface area contributed by atoms with Crippen molar-refractivity contribution < 1.29 is 4.79 Å². The minimum Gasteiger partial charge on any atom is -0.369 e. The van der Waals surface area contributed by atoms with E-state index in [4.69, 9.17) is 23.2 Å². The molecule has 19 heavy (non-hydrogen) atoms. The molecule has 0 aliphatic rings. The summed E-state index contributed by atoms with van der Waals surface area (Å²) < 4.78 is 0. The average Bonchev–Trinajstić information content (AvgIpc) is 2.44. The minimum absolute atomic E-state index is 0.0327. The highest BCUT2D eigenvalue weighted by atomic mass is 35.5. The molecule has 0 fully saturated rings. The zero-order valence-electron chi connectivity index (χ0n) is 11.2. The maximum absolute atomic E-state index is 11.8. The Morgan fingerprint density at radius 1 is 1.16 bits per heavy atom. The molecule has 0 aromatic heterocycles. The van der Waals surface area contributed by atoms with Gasteiger partial charge in [-0.3, -0.25) is 4.79 Å². The number of hydrogen-bond acceptors (Lipinski definition) is 2. The van der Waals surface area contributed by atoms with Gasteiger partial charge in [0.15, 0.2) is 0 Å². The van der Waals surface area contributed by atoms with Crippen LogP contribution in [-0.2, 0) is 0 Å². The van der Waals surface area contributed by atoms with Gasteiger partial charge in [-0.05, 0) is 30.7 Å². The number of halogens is 2. The van der Waals surface area contributed by atoms with Crippen molar-refractivity contribution in [3.63, 3.8) is 0 Å². The van der Waals surface area contributed by atoms with Crippen LogP contribution in [0, 0.1) is 0 Å².